The fraction of sp³-hybridized carbons (Fsp3) is 0.514. The van der Waals surface area contributed by atoms with Crippen molar-refractivity contribution in [2.75, 3.05) is 56.6 Å². The summed E-state index contributed by atoms with van der Waals surface area (Å²) in [6.07, 6.45) is 1.96. The molecule has 2 aromatic carbocycles. The molecule has 4 aliphatic heterocycles. The summed E-state index contributed by atoms with van der Waals surface area (Å²) in [5, 5.41) is 10.3. The number of fused-ring (bicyclic) bond motifs is 2. The number of halogens is 4. The summed E-state index contributed by atoms with van der Waals surface area (Å²) in [5.74, 6) is -1.02. The zero-order valence-electron chi connectivity index (χ0n) is 29.6. The van der Waals surface area contributed by atoms with Gasteiger partial charge < -0.3 is 29.7 Å². The smallest absolute Gasteiger partial charge is 0.410 e. The van der Waals surface area contributed by atoms with Crippen LogP contribution < -0.4 is 20.1 Å². The van der Waals surface area contributed by atoms with Crippen molar-refractivity contribution in [1.82, 2.24) is 19.8 Å². The predicted molar refractivity (Wildman–Crippen MR) is 197 cm³/mol. The van der Waals surface area contributed by atoms with Crippen molar-refractivity contribution in [3.63, 3.8) is 0 Å². The van der Waals surface area contributed by atoms with E-state index in [0.717, 1.165) is 30.7 Å². The maximum Gasteiger partial charge on any atom is 0.410 e. The van der Waals surface area contributed by atoms with Gasteiger partial charge in [0.15, 0.2) is 11.6 Å². The van der Waals surface area contributed by atoms with E-state index in [4.69, 9.17) is 36.5 Å². The summed E-state index contributed by atoms with van der Waals surface area (Å²) >= 11 is 7.98. The van der Waals surface area contributed by atoms with Gasteiger partial charge in [-0.25, -0.2) is 18.0 Å². The fourth-order valence-electron chi connectivity index (χ4n) is 8.44. The minimum atomic E-state index is -0.977. The summed E-state index contributed by atoms with van der Waals surface area (Å²) in [4.78, 5) is 28.4. The van der Waals surface area contributed by atoms with Crippen LogP contribution in [0, 0.1) is 23.0 Å². The number of likely N-dealkylation sites (tertiary alicyclic amines) is 1. The van der Waals surface area contributed by atoms with Crippen LogP contribution in [0.4, 0.5) is 28.8 Å². The van der Waals surface area contributed by atoms with Gasteiger partial charge in [-0.3, -0.25) is 4.90 Å². The highest BCUT2D eigenvalue weighted by Crippen LogP contribution is 2.51. The number of carbonyl (C=O) groups is 1. The molecule has 3 saturated heterocycles. The van der Waals surface area contributed by atoms with Crippen molar-refractivity contribution in [2.24, 2.45) is 0 Å². The standard InChI is InChI=1S/C37H39ClF3N7O4S/c1-36(2,3)52-35(49)46-10-4-6-20(17-46)48-12-13-50-30-26-29(44-34(45-33(26)48)51-18-37-9-5-11-47(37)16-19(39)14-37)28(41)25(27(30)38)21-7-8-23(40)31-24(21)22(15-42)32(43)53-31/h7-8,19-20H,4-6,9-14,16-18,43H2,1-3H3/t19-,20?,37+/m1/s1. The van der Waals surface area contributed by atoms with Crippen molar-refractivity contribution in [2.45, 2.75) is 76.2 Å². The van der Waals surface area contributed by atoms with Gasteiger partial charge in [0.25, 0.3) is 0 Å². The lowest BCUT2D eigenvalue weighted by Crippen LogP contribution is -2.52. The molecule has 53 heavy (non-hydrogen) atoms. The first kappa shape index (κ1) is 35.8. The number of nitrogen functional groups attached to an aromatic ring is 1. The van der Waals surface area contributed by atoms with Gasteiger partial charge in [0.1, 0.15) is 53.2 Å². The fourth-order valence-corrected chi connectivity index (χ4v) is 9.73. The number of nitriles is 1. The number of hydrogen-bond acceptors (Lipinski definition) is 11. The Balaban J connectivity index is 1.29. The van der Waals surface area contributed by atoms with Crippen LogP contribution in [0.15, 0.2) is 12.1 Å². The molecule has 3 atom stereocenters. The van der Waals surface area contributed by atoms with Crippen LogP contribution in [0.2, 0.25) is 5.02 Å². The van der Waals surface area contributed by atoms with Crippen molar-refractivity contribution in [1.29, 1.82) is 5.26 Å². The summed E-state index contributed by atoms with van der Waals surface area (Å²) in [5.41, 5.74) is 4.80. The average Bonchev–Trinajstić information content (AvgIpc) is 3.71. The molecule has 2 N–H and O–H groups in total. The normalized spacial score (nSPS) is 23.2. The highest BCUT2D eigenvalue weighted by atomic mass is 35.5. The maximum absolute atomic E-state index is 17.4. The number of aromatic nitrogens is 2. The number of alkyl halides is 1. The first-order valence-electron chi connectivity index (χ1n) is 17.8. The van der Waals surface area contributed by atoms with Crippen LogP contribution in [0.5, 0.6) is 11.8 Å². The Morgan fingerprint density at radius 1 is 1.19 bits per heavy atom. The number of hydrogen-bond donors (Lipinski definition) is 1. The zero-order chi connectivity index (χ0) is 37.4. The molecule has 8 rings (SSSR count). The Kier molecular flexibility index (Phi) is 8.93. The molecule has 280 valence electrons. The van der Waals surface area contributed by atoms with Crippen LogP contribution in [-0.2, 0) is 4.74 Å². The van der Waals surface area contributed by atoms with E-state index in [1.54, 1.807) is 4.90 Å². The second-order valence-corrected chi connectivity index (χ2v) is 16.7. The van der Waals surface area contributed by atoms with E-state index in [2.05, 4.69) is 9.88 Å². The molecule has 0 bridgehead atoms. The van der Waals surface area contributed by atoms with E-state index in [1.165, 1.54) is 12.1 Å². The van der Waals surface area contributed by atoms with Crippen LogP contribution in [0.1, 0.15) is 58.4 Å². The summed E-state index contributed by atoms with van der Waals surface area (Å²) in [7, 11) is 0. The number of amides is 1. The third kappa shape index (κ3) is 6.12. The van der Waals surface area contributed by atoms with Gasteiger partial charge in [-0.05, 0) is 64.6 Å². The molecule has 4 aromatic rings. The maximum atomic E-state index is 17.4. The number of rotatable bonds is 5. The molecule has 0 aliphatic carbocycles. The lowest BCUT2D eigenvalue weighted by atomic mass is 9.95. The van der Waals surface area contributed by atoms with Crippen LogP contribution in [0.25, 0.3) is 32.1 Å². The molecule has 6 heterocycles. The summed E-state index contributed by atoms with van der Waals surface area (Å²) in [6, 6.07) is 4.21. The molecule has 0 radical (unpaired) electrons. The topological polar surface area (TPSA) is 130 Å². The van der Waals surface area contributed by atoms with Gasteiger partial charge in [0, 0.05) is 43.0 Å². The number of anilines is 2. The molecule has 4 aliphatic rings. The zero-order valence-corrected chi connectivity index (χ0v) is 31.2. The molecule has 3 fully saturated rings. The molecule has 0 spiro atoms. The van der Waals surface area contributed by atoms with E-state index in [0.29, 0.717) is 51.3 Å². The SMILES string of the molecule is CC(C)(C)OC(=O)N1CCCC(N2CCOc3c(Cl)c(-c4ccc(F)c5sc(N)c(C#N)c45)c(F)c4nc(OC[C@@]56CCCN5C[C@H](F)C6)nc2c34)C1. The average molecular weight is 770 g/mol. The Hall–Kier alpha value is -4.26. The monoisotopic (exact) mass is 769 g/mol. The van der Waals surface area contributed by atoms with Gasteiger partial charge in [0.2, 0.25) is 0 Å². The highest BCUT2D eigenvalue weighted by molar-refractivity contribution is 7.23. The first-order valence-corrected chi connectivity index (χ1v) is 19.0. The number of nitrogens with zero attached hydrogens (tertiary/aromatic N) is 6. The van der Waals surface area contributed by atoms with Crippen molar-refractivity contribution >= 4 is 60.8 Å². The minimum absolute atomic E-state index is 0.00960. The molecular formula is C37H39ClF3N7O4S. The second-order valence-electron chi connectivity index (χ2n) is 15.3. The third-order valence-electron chi connectivity index (χ3n) is 10.7. The van der Waals surface area contributed by atoms with Gasteiger partial charge in [-0.2, -0.15) is 15.2 Å². The number of ether oxygens (including phenoxy) is 3. The van der Waals surface area contributed by atoms with E-state index in [9.17, 15) is 14.4 Å². The van der Waals surface area contributed by atoms with E-state index in [-0.39, 0.29) is 78.7 Å². The van der Waals surface area contributed by atoms with Gasteiger partial charge in [-0.15, -0.1) is 11.3 Å². The first-order chi connectivity index (χ1) is 25.3. The van der Waals surface area contributed by atoms with Crippen LogP contribution >= 0.6 is 22.9 Å². The Morgan fingerprint density at radius 2 is 2.00 bits per heavy atom. The third-order valence-corrected chi connectivity index (χ3v) is 12.1. The van der Waals surface area contributed by atoms with Crippen LogP contribution in [0.3, 0.4) is 0 Å². The summed E-state index contributed by atoms with van der Waals surface area (Å²) in [6.45, 7) is 7.92. The van der Waals surface area contributed by atoms with E-state index >= 15 is 8.78 Å². The van der Waals surface area contributed by atoms with Gasteiger partial charge in [0.05, 0.1) is 32.8 Å². The minimum Gasteiger partial charge on any atom is -0.489 e. The predicted octanol–water partition coefficient (Wildman–Crippen LogP) is 7.45. The quantitative estimate of drug-likeness (QED) is 0.219. The number of benzene rings is 2. The van der Waals surface area contributed by atoms with Crippen LogP contribution in [-0.4, -0.2) is 95.2 Å². The Morgan fingerprint density at radius 3 is 2.77 bits per heavy atom. The number of nitrogens with two attached hydrogens (primary N) is 1. The molecule has 1 unspecified atom stereocenters. The molecule has 1 amide bonds. The number of piperidine rings is 1. The van der Waals surface area contributed by atoms with E-state index < -0.39 is 35.0 Å². The lowest BCUT2D eigenvalue weighted by Gasteiger charge is -2.40. The van der Waals surface area contributed by atoms with Crippen molar-refractivity contribution in [3.05, 3.63) is 34.4 Å². The Bertz CT molecular complexity index is 2190. The lowest BCUT2D eigenvalue weighted by molar-refractivity contribution is 0.0197. The molecule has 16 heteroatoms. The van der Waals surface area contributed by atoms with E-state index in [1.807, 2.05) is 31.7 Å². The van der Waals surface area contributed by atoms with Gasteiger partial charge >= 0.3 is 12.1 Å². The molecule has 0 saturated carbocycles. The van der Waals surface area contributed by atoms with Crippen molar-refractivity contribution in [3.8, 4) is 29.0 Å². The Labute approximate surface area is 313 Å². The van der Waals surface area contributed by atoms with Crippen molar-refractivity contribution < 1.29 is 32.2 Å². The summed E-state index contributed by atoms with van der Waals surface area (Å²) < 4.78 is 65.5. The largest absolute Gasteiger partial charge is 0.489 e. The second kappa shape index (κ2) is 13.2. The molecule has 2 aromatic heterocycles. The molecular weight excluding hydrogens is 731 g/mol. The number of thiophene rings is 1. The van der Waals surface area contributed by atoms with Gasteiger partial charge in [-0.1, -0.05) is 17.7 Å². The number of carbonyl (C=O) groups excluding carboxylic acids is 1. The highest BCUT2D eigenvalue weighted by Gasteiger charge is 2.49. The molecule has 11 nitrogen and oxygen atoms in total.